The molecule has 116 valence electrons. The van der Waals surface area contributed by atoms with Crippen LogP contribution in [0.1, 0.15) is 26.2 Å². The third kappa shape index (κ3) is 2.24. The van der Waals surface area contributed by atoms with Crippen molar-refractivity contribution < 1.29 is 32.0 Å². The number of ether oxygens (including phenoxy) is 1. The van der Waals surface area contributed by atoms with E-state index in [9.17, 15) is 13.2 Å². The monoisotopic (exact) mass is 308 g/mol. The fraction of sp³-hybridized carbons (Fsp3) is 0.917. The Morgan fingerprint density at radius 3 is 2.55 bits per heavy atom. The van der Waals surface area contributed by atoms with E-state index in [0.717, 1.165) is 12.8 Å². The summed E-state index contributed by atoms with van der Waals surface area (Å²) in [5, 5.41) is 0. The predicted octanol–water partition coefficient (Wildman–Crippen LogP) is 0.365. The fourth-order valence-electron chi connectivity index (χ4n) is 4.02. The molecule has 7 nitrogen and oxygen atoms in total. The van der Waals surface area contributed by atoms with Crippen LogP contribution >= 0.6 is 0 Å². The summed E-state index contributed by atoms with van der Waals surface area (Å²) in [6, 6.07) is 0.598. The molecule has 3 heterocycles. The Kier molecular flexibility index (Phi) is 3.65. The minimum absolute atomic E-state index is 0.0549. The molecule has 2 bridgehead atoms. The van der Waals surface area contributed by atoms with Gasteiger partial charge in [-0.15, -0.1) is 0 Å². The van der Waals surface area contributed by atoms with Crippen molar-refractivity contribution in [3.63, 3.8) is 0 Å². The van der Waals surface area contributed by atoms with Crippen LogP contribution in [-0.4, -0.2) is 61.7 Å². The van der Waals surface area contributed by atoms with E-state index in [1.807, 2.05) is 0 Å². The zero-order valence-corrected chi connectivity index (χ0v) is 13.0. The first kappa shape index (κ1) is 15.7. The van der Waals surface area contributed by atoms with Crippen molar-refractivity contribution in [2.24, 2.45) is 5.92 Å². The van der Waals surface area contributed by atoms with Gasteiger partial charge in [0.15, 0.2) is 0 Å². The summed E-state index contributed by atoms with van der Waals surface area (Å²) >= 11 is 0. The highest BCUT2D eigenvalue weighted by Gasteiger charge is 2.76. The molecule has 3 fully saturated rings. The van der Waals surface area contributed by atoms with Crippen molar-refractivity contribution in [2.45, 2.75) is 43.9 Å². The first-order valence-electron chi connectivity index (χ1n) is 6.58. The molecule has 3 saturated heterocycles. The minimum Gasteiger partial charge on any atom is -0.469 e. The lowest BCUT2D eigenvalue weighted by Gasteiger charge is -2.39. The van der Waals surface area contributed by atoms with Gasteiger partial charge in [0.2, 0.25) is 0 Å². The van der Waals surface area contributed by atoms with E-state index >= 15 is 0 Å². The first-order chi connectivity index (χ1) is 9.03. The molecule has 0 amide bonds. The van der Waals surface area contributed by atoms with Crippen LogP contribution < -0.4 is 0 Å². The molecular formula is C12H22NO6S+. The quantitative estimate of drug-likeness (QED) is 0.427. The lowest BCUT2D eigenvalue weighted by atomic mass is 9.79. The van der Waals surface area contributed by atoms with Crippen LogP contribution in [0.5, 0.6) is 0 Å². The maximum Gasteiger partial charge on any atom is 0.318 e. The standard InChI is InChI=1S/C11H18NO3.CH4O3S/c1-11-5-4-7-6-8(15-12(7,11)2)9(11)10(13)14-3;1-5(2,3)4/h7-9H,4-6H2,1-3H3;1H3,(H,2,3,4)/q+1;/t7-,8+,9?,11?,12-;/m1./s1. The van der Waals surface area contributed by atoms with E-state index < -0.39 is 10.1 Å². The first-order valence-corrected chi connectivity index (χ1v) is 8.43. The van der Waals surface area contributed by atoms with E-state index in [4.69, 9.17) is 14.1 Å². The van der Waals surface area contributed by atoms with Crippen LogP contribution in [0.25, 0.3) is 0 Å². The number of esters is 1. The Hall–Kier alpha value is -0.700. The number of fused-ring (bicyclic) bond motifs is 1. The van der Waals surface area contributed by atoms with E-state index in [1.54, 1.807) is 0 Å². The average molecular weight is 308 g/mol. The van der Waals surface area contributed by atoms with E-state index in [-0.39, 0.29) is 23.5 Å². The maximum absolute atomic E-state index is 11.8. The van der Waals surface area contributed by atoms with Gasteiger partial charge < -0.3 is 4.74 Å². The van der Waals surface area contributed by atoms with Crippen molar-refractivity contribution in [3.05, 3.63) is 0 Å². The molecule has 3 rings (SSSR count). The molecule has 0 aromatic heterocycles. The lowest BCUT2D eigenvalue weighted by Crippen LogP contribution is -2.59. The Labute approximate surface area is 119 Å². The average Bonchev–Trinajstić information content (AvgIpc) is 2.74. The number of hydroxylamine groups is 3. The third-order valence-electron chi connectivity index (χ3n) is 5.05. The van der Waals surface area contributed by atoms with E-state index in [2.05, 4.69) is 14.0 Å². The molecule has 3 aliphatic heterocycles. The second kappa shape index (κ2) is 4.66. The van der Waals surface area contributed by atoms with E-state index in [1.165, 1.54) is 13.5 Å². The number of methoxy groups -OCH3 is 1. The highest BCUT2D eigenvalue weighted by molar-refractivity contribution is 7.85. The Morgan fingerprint density at radius 1 is 1.50 bits per heavy atom. The maximum atomic E-state index is 11.8. The van der Waals surface area contributed by atoms with Gasteiger partial charge in [-0.3, -0.25) is 9.35 Å². The van der Waals surface area contributed by atoms with Crippen LogP contribution in [0.4, 0.5) is 0 Å². The fourth-order valence-corrected chi connectivity index (χ4v) is 4.02. The summed E-state index contributed by atoms with van der Waals surface area (Å²) in [7, 11) is -0.0694. The van der Waals surface area contributed by atoms with Gasteiger partial charge in [0.05, 0.1) is 20.4 Å². The van der Waals surface area contributed by atoms with Crippen molar-refractivity contribution in [2.75, 3.05) is 20.4 Å². The van der Waals surface area contributed by atoms with Crippen LogP contribution in [0, 0.1) is 5.92 Å². The summed E-state index contributed by atoms with van der Waals surface area (Å²) in [5.74, 6) is -0.157. The summed E-state index contributed by atoms with van der Waals surface area (Å²) in [5.41, 5.74) is -0.0549. The predicted molar refractivity (Wildman–Crippen MR) is 70.1 cm³/mol. The molecule has 0 radical (unpaired) electrons. The molecule has 0 aromatic rings. The largest absolute Gasteiger partial charge is 0.469 e. The summed E-state index contributed by atoms with van der Waals surface area (Å²) in [6.45, 7) is 2.17. The smallest absolute Gasteiger partial charge is 0.318 e. The Morgan fingerprint density at radius 2 is 2.05 bits per heavy atom. The van der Waals surface area contributed by atoms with Gasteiger partial charge in [0, 0.05) is 19.3 Å². The molecule has 0 aliphatic carbocycles. The minimum atomic E-state index is -3.67. The molecule has 0 spiro atoms. The zero-order chi connectivity index (χ0) is 15.3. The van der Waals surface area contributed by atoms with Crippen molar-refractivity contribution in [1.82, 2.24) is 0 Å². The molecule has 3 aliphatic rings. The lowest BCUT2D eigenvalue weighted by molar-refractivity contribution is -1.11. The second-order valence-electron chi connectivity index (χ2n) is 6.15. The Balaban J connectivity index is 0.000000257. The molecule has 8 heteroatoms. The van der Waals surface area contributed by atoms with Gasteiger partial charge in [-0.05, 0) is 6.92 Å². The number of hydrogen-bond donors (Lipinski definition) is 1. The third-order valence-corrected chi connectivity index (χ3v) is 5.05. The molecule has 5 atom stereocenters. The zero-order valence-electron chi connectivity index (χ0n) is 12.2. The van der Waals surface area contributed by atoms with Gasteiger partial charge in [-0.1, -0.05) is 0 Å². The molecule has 20 heavy (non-hydrogen) atoms. The topological polar surface area (TPSA) is 89.9 Å². The van der Waals surface area contributed by atoms with Crippen molar-refractivity contribution in [1.29, 1.82) is 0 Å². The van der Waals surface area contributed by atoms with Gasteiger partial charge in [-0.2, -0.15) is 17.9 Å². The molecule has 1 N–H and O–H groups in total. The van der Waals surface area contributed by atoms with Crippen LogP contribution in [-0.2, 0) is 24.5 Å². The van der Waals surface area contributed by atoms with Crippen LogP contribution in [0.2, 0.25) is 0 Å². The highest BCUT2D eigenvalue weighted by atomic mass is 32.2. The summed E-state index contributed by atoms with van der Waals surface area (Å²) in [6.07, 6.45) is 4.07. The van der Waals surface area contributed by atoms with Gasteiger partial charge >= 0.3 is 5.97 Å². The van der Waals surface area contributed by atoms with E-state index in [0.29, 0.717) is 16.9 Å². The van der Waals surface area contributed by atoms with Gasteiger partial charge in [0.25, 0.3) is 10.1 Å². The molecule has 0 aromatic carbocycles. The van der Waals surface area contributed by atoms with Crippen molar-refractivity contribution in [3.8, 4) is 0 Å². The van der Waals surface area contributed by atoms with Gasteiger partial charge in [0.1, 0.15) is 23.6 Å². The molecule has 0 saturated carbocycles. The number of carbonyl (C=O) groups is 1. The number of quaternary nitrogens is 1. The number of carbonyl (C=O) groups excluding carboxylic acids is 1. The number of rotatable bonds is 1. The SMILES string of the molecule is COC(=O)C1[C@@H]2C[C@H]3CCC1(C)[N@+]3(C)O2.CS(=O)(=O)O. The normalized spacial score (nSPS) is 45.0. The second-order valence-corrected chi connectivity index (χ2v) is 7.62. The van der Waals surface area contributed by atoms with Crippen LogP contribution in [0.3, 0.4) is 0 Å². The van der Waals surface area contributed by atoms with Gasteiger partial charge in [-0.25, -0.2) is 0 Å². The number of hydrogen-bond acceptors (Lipinski definition) is 5. The van der Waals surface area contributed by atoms with Crippen molar-refractivity contribution >= 4 is 16.1 Å². The molecular weight excluding hydrogens is 286 g/mol. The number of piperidine rings is 1. The summed E-state index contributed by atoms with van der Waals surface area (Å²) < 4.78 is 31.4. The Bertz CT molecular complexity index is 512. The summed E-state index contributed by atoms with van der Waals surface area (Å²) in [4.78, 5) is 17.8. The number of nitrogens with zero attached hydrogens (tertiary/aromatic N) is 1. The highest BCUT2D eigenvalue weighted by Crippen LogP contribution is 2.59. The molecule has 2 unspecified atom stereocenters. The van der Waals surface area contributed by atoms with Crippen LogP contribution in [0.15, 0.2) is 0 Å².